The van der Waals surface area contributed by atoms with Crippen LogP contribution in [0.15, 0.2) is 29.4 Å². The zero-order valence-electron chi connectivity index (χ0n) is 15.3. The summed E-state index contributed by atoms with van der Waals surface area (Å²) in [4.78, 5) is 15.0. The van der Waals surface area contributed by atoms with Crippen LogP contribution in [0, 0.1) is 5.82 Å². The number of benzene rings is 1. The van der Waals surface area contributed by atoms with Gasteiger partial charge in [0.25, 0.3) is 0 Å². The average molecular weight is 390 g/mol. The first-order valence-corrected chi connectivity index (χ1v) is 10.6. The Morgan fingerprint density at radius 2 is 1.89 bits per heavy atom. The number of hydrogen-bond donors (Lipinski definition) is 0. The molecule has 1 amide bonds. The van der Waals surface area contributed by atoms with Crippen LogP contribution in [0.25, 0.3) is 0 Å². The van der Waals surface area contributed by atoms with Crippen molar-refractivity contribution in [2.45, 2.75) is 68.7 Å². The van der Waals surface area contributed by atoms with Crippen molar-refractivity contribution < 1.29 is 9.18 Å². The van der Waals surface area contributed by atoms with Crippen LogP contribution in [-0.4, -0.2) is 42.8 Å². The van der Waals surface area contributed by atoms with Crippen molar-refractivity contribution >= 4 is 17.7 Å². The molecule has 2 aliphatic carbocycles. The first-order valence-electron chi connectivity index (χ1n) is 9.65. The Labute approximate surface area is 162 Å². The number of hydrogen-bond acceptors (Lipinski definition) is 5. The molecule has 0 bridgehead atoms. The molecule has 0 spiro atoms. The molecule has 2 fully saturated rings. The van der Waals surface area contributed by atoms with Gasteiger partial charge in [-0.15, -0.1) is 5.10 Å². The van der Waals surface area contributed by atoms with Crippen LogP contribution >= 0.6 is 11.8 Å². The number of nitrogens with zero attached hydrogens (tertiary/aromatic N) is 5. The third-order valence-electron chi connectivity index (χ3n) is 5.28. The van der Waals surface area contributed by atoms with Crippen molar-refractivity contribution in [1.82, 2.24) is 25.1 Å². The van der Waals surface area contributed by atoms with Crippen molar-refractivity contribution in [3.8, 4) is 0 Å². The number of rotatable bonds is 7. The molecule has 8 heteroatoms. The molecule has 27 heavy (non-hydrogen) atoms. The molecule has 2 aromatic rings. The largest absolute Gasteiger partial charge is 0.335 e. The summed E-state index contributed by atoms with van der Waals surface area (Å²) >= 11 is 1.41. The maximum absolute atomic E-state index is 13.2. The Balaban J connectivity index is 1.44. The summed E-state index contributed by atoms with van der Waals surface area (Å²) in [7, 11) is 0. The number of amides is 1. The lowest BCUT2D eigenvalue weighted by molar-refractivity contribution is -0.132. The van der Waals surface area contributed by atoms with E-state index < -0.39 is 0 Å². The molecule has 0 radical (unpaired) electrons. The fraction of sp³-hybridized carbons (Fsp3) is 0.579. The molecule has 0 unspecified atom stereocenters. The van der Waals surface area contributed by atoms with Gasteiger partial charge in [0.15, 0.2) is 0 Å². The molecular formula is C19H24FN5OS. The van der Waals surface area contributed by atoms with Crippen molar-refractivity contribution in [3.05, 3.63) is 35.6 Å². The van der Waals surface area contributed by atoms with Gasteiger partial charge in [0.05, 0.1) is 11.8 Å². The van der Waals surface area contributed by atoms with E-state index in [0.717, 1.165) is 49.2 Å². The monoisotopic (exact) mass is 389 g/mol. The lowest BCUT2D eigenvalue weighted by atomic mass is 9.94. The summed E-state index contributed by atoms with van der Waals surface area (Å²) in [5.74, 6) is 0.170. The molecule has 1 heterocycles. The fourth-order valence-electron chi connectivity index (χ4n) is 3.64. The predicted molar refractivity (Wildman–Crippen MR) is 101 cm³/mol. The number of carbonyl (C=O) groups is 1. The van der Waals surface area contributed by atoms with Gasteiger partial charge in [-0.25, -0.2) is 9.07 Å². The Kier molecular flexibility index (Phi) is 5.71. The van der Waals surface area contributed by atoms with Gasteiger partial charge in [0, 0.05) is 12.6 Å². The molecule has 2 aliphatic rings. The molecule has 0 N–H and O–H groups in total. The smallest absolute Gasteiger partial charge is 0.233 e. The van der Waals surface area contributed by atoms with Gasteiger partial charge in [-0.05, 0) is 53.8 Å². The Hall–Kier alpha value is -1.96. The van der Waals surface area contributed by atoms with Crippen molar-refractivity contribution in [3.63, 3.8) is 0 Å². The minimum absolute atomic E-state index is 0.0987. The zero-order chi connectivity index (χ0) is 18.6. The van der Waals surface area contributed by atoms with Crippen LogP contribution in [0.1, 0.15) is 56.6 Å². The number of carbonyl (C=O) groups excluding carboxylic acids is 1. The molecular weight excluding hydrogens is 365 g/mol. The average Bonchev–Trinajstić information content (AvgIpc) is 3.44. The predicted octanol–water partition coefficient (Wildman–Crippen LogP) is 3.60. The van der Waals surface area contributed by atoms with Crippen molar-refractivity contribution in [2.24, 2.45) is 0 Å². The summed E-state index contributed by atoms with van der Waals surface area (Å²) in [6.45, 7) is 0.526. The second-order valence-electron chi connectivity index (χ2n) is 7.37. The van der Waals surface area contributed by atoms with Crippen LogP contribution in [0.3, 0.4) is 0 Å². The van der Waals surface area contributed by atoms with Gasteiger partial charge >= 0.3 is 0 Å². The molecule has 0 aliphatic heterocycles. The lowest BCUT2D eigenvalue weighted by Gasteiger charge is -2.34. The number of thioether (sulfide) groups is 1. The second-order valence-corrected chi connectivity index (χ2v) is 8.31. The maximum atomic E-state index is 13.2. The van der Waals surface area contributed by atoms with Crippen LogP contribution in [0.2, 0.25) is 0 Å². The second kappa shape index (κ2) is 8.37. The topological polar surface area (TPSA) is 63.9 Å². The van der Waals surface area contributed by atoms with Crippen molar-refractivity contribution in [2.75, 3.05) is 5.75 Å². The van der Waals surface area contributed by atoms with Gasteiger partial charge in [0.1, 0.15) is 5.82 Å². The van der Waals surface area contributed by atoms with Crippen LogP contribution < -0.4 is 0 Å². The van der Waals surface area contributed by atoms with E-state index in [4.69, 9.17) is 0 Å². The molecule has 4 rings (SSSR count). The first-order chi connectivity index (χ1) is 13.2. The first kappa shape index (κ1) is 18.4. The van der Waals surface area contributed by atoms with Crippen LogP contribution in [-0.2, 0) is 11.3 Å². The highest BCUT2D eigenvalue weighted by Gasteiger charge is 2.29. The molecule has 1 aromatic heterocycles. The molecule has 0 saturated heterocycles. The third kappa shape index (κ3) is 4.66. The number of tetrazole rings is 1. The Bertz CT molecular complexity index is 771. The van der Waals surface area contributed by atoms with Gasteiger partial charge in [-0.3, -0.25) is 4.79 Å². The van der Waals surface area contributed by atoms with E-state index in [-0.39, 0.29) is 17.8 Å². The highest BCUT2D eigenvalue weighted by Crippen LogP contribution is 2.36. The van der Waals surface area contributed by atoms with E-state index in [1.807, 2.05) is 9.58 Å². The summed E-state index contributed by atoms with van der Waals surface area (Å²) in [6.07, 6.45) is 7.83. The lowest BCUT2D eigenvalue weighted by Crippen LogP contribution is -2.42. The summed E-state index contributed by atoms with van der Waals surface area (Å²) in [6, 6.07) is 7.09. The van der Waals surface area contributed by atoms with Gasteiger partial charge in [0.2, 0.25) is 11.1 Å². The highest BCUT2D eigenvalue weighted by molar-refractivity contribution is 7.99. The zero-order valence-corrected chi connectivity index (χ0v) is 16.1. The normalized spacial score (nSPS) is 17.8. The quantitative estimate of drug-likeness (QED) is 0.677. The van der Waals surface area contributed by atoms with E-state index in [2.05, 4.69) is 15.5 Å². The standard InChI is InChI=1S/C19H24FN5OS/c20-15-8-6-14(7-9-15)12-24(16-4-2-1-3-5-16)18(26)13-27-19-21-22-23-25(19)17-10-11-17/h6-9,16-17H,1-5,10-13H2. The third-order valence-corrected chi connectivity index (χ3v) is 6.20. The van der Waals surface area contributed by atoms with Gasteiger partial charge in [-0.1, -0.05) is 43.2 Å². The minimum Gasteiger partial charge on any atom is -0.335 e. The summed E-state index contributed by atoms with van der Waals surface area (Å²) in [5, 5.41) is 12.6. The SMILES string of the molecule is O=C(CSc1nnnn1C1CC1)N(Cc1ccc(F)cc1)C1CCCCC1. The van der Waals surface area contributed by atoms with E-state index in [0.29, 0.717) is 18.3 Å². The Morgan fingerprint density at radius 3 is 2.59 bits per heavy atom. The van der Waals surface area contributed by atoms with Crippen LogP contribution in [0.4, 0.5) is 4.39 Å². The van der Waals surface area contributed by atoms with Crippen molar-refractivity contribution in [1.29, 1.82) is 0 Å². The molecule has 0 atom stereocenters. The highest BCUT2D eigenvalue weighted by atomic mass is 32.2. The van der Waals surface area contributed by atoms with E-state index in [1.165, 1.54) is 30.3 Å². The number of halogens is 1. The maximum Gasteiger partial charge on any atom is 0.233 e. The molecule has 1 aromatic carbocycles. The van der Waals surface area contributed by atoms with E-state index in [9.17, 15) is 9.18 Å². The molecule has 6 nitrogen and oxygen atoms in total. The van der Waals surface area contributed by atoms with E-state index in [1.54, 1.807) is 12.1 Å². The summed E-state index contributed by atoms with van der Waals surface area (Å²) in [5.41, 5.74) is 0.961. The minimum atomic E-state index is -0.253. The molecule has 144 valence electrons. The van der Waals surface area contributed by atoms with Crippen LogP contribution in [0.5, 0.6) is 0 Å². The summed E-state index contributed by atoms with van der Waals surface area (Å²) < 4.78 is 15.1. The van der Waals surface area contributed by atoms with E-state index >= 15 is 0 Å². The van der Waals surface area contributed by atoms with Gasteiger partial charge < -0.3 is 4.90 Å². The van der Waals surface area contributed by atoms with Gasteiger partial charge in [-0.2, -0.15) is 0 Å². The fourth-order valence-corrected chi connectivity index (χ4v) is 4.47. The molecule has 2 saturated carbocycles. The Morgan fingerprint density at radius 1 is 1.15 bits per heavy atom. The number of aromatic nitrogens is 4.